The molecule has 5 heteroatoms. The van der Waals surface area contributed by atoms with Crippen molar-refractivity contribution in [3.63, 3.8) is 0 Å². The van der Waals surface area contributed by atoms with Crippen molar-refractivity contribution >= 4 is 17.3 Å². The molecule has 1 N–H and O–H groups in total. The van der Waals surface area contributed by atoms with Crippen molar-refractivity contribution in [2.24, 2.45) is 0 Å². The van der Waals surface area contributed by atoms with Crippen LogP contribution in [-0.2, 0) is 0 Å². The van der Waals surface area contributed by atoms with Gasteiger partial charge in [0.2, 0.25) is 0 Å². The standard InChI is InChI=1S/C19H14FN3O/c20-13-8-10-14(11-9-13)22-18-17-16(7-4-12-21-17)19(24)23(18)15-5-2-1-3-6-15/h1-12,18,22H/t18-/m1/s1. The zero-order valence-electron chi connectivity index (χ0n) is 12.7. The number of benzene rings is 2. The summed E-state index contributed by atoms with van der Waals surface area (Å²) in [5.41, 5.74) is 2.73. The Bertz CT molecular complexity index is 881. The van der Waals surface area contributed by atoms with Crippen molar-refractivity contribution in [2.45, 2.75) is 6.17 Å². The second-order valence-corrected chi connectivity index (χ2v) is 5.50. The van der Waals surface area contributed by atoms with Gasteiger partial charge in [0.15, 0.2) is 6.17 Å². The summed E-state index contributed by atoms with van der Waals surface area (Å²) in [5.74, 6) is -0.412. The van der Waals surface area contributed by atoms with Crippen molar-refractivity contribution in [3.05, 3.63) is 90.0 Å². The minimum absolute atomic E-state index is 0.107. The highest BCUT2D eigenvalue weighted by Crippen LogP contribution is 2.36. The van der Waals surface area contributed by atoms with Crippen LogP contribution in [0.5, 0.6) is 0 Å². The molecular weight excluding hydrogens is 305 g/mol. The van der Waals surface area contributed by atoms with E-state index < -0.39 is 6.17 Å². The first-order valence-corrected chi connectivity index (χ1v) is 7.60. The number of aromatic nitrogens is 1. The number of carbonyl (C=O) groups is 1. The van der Waals surface area contributed by atoms with E-state index in [9.17, 15) is 9.18 Å². The minimum atomic E-state index is -0.443. The predicted octanol–water partition coefficient (Wildman–Crippen LogP) is 3.99. The van der Waals surface area contributed by atoms with Crippen LogP contribution < -0.4 is 10.2 Å². The van der Waals surface area contributed by atoms with Gasteiger partial charge in [-0.1, -0.05) is 18.2 Å². The van der Waals surface area contributed by atoms with Crippen LogP contribution in [0.15, 0.2) is 72.9 Å². The maximum absolute atomic E-state index is 13.1. The van der Waals surface area contributed by atoms with E-state index in [0.717, 1.165) is 5.69 Å². The normalized spacial score (nSPS) is 16.1. The Kier molecular flexibility index (Phi) is 3.46. The predicted molar refractivity (Wildman–Crippen MR) is 90.3 cm³/mol. The van der Waals surface area contributed by atoms with Crippen LogP contribution in [0.25, 0.3) is 0 Å². The highest BCUT2D eigenvalue weighted by Gasteiger charge is 2.38. The number of rotatable bonds is 3. The van der Waals surface area contributed by atoms with Gasteiger partial charge in [-0.15, -0.1) is 0 Å². The van der Waals surface area contributed by atoms with Crippen LogP contribution in [0.3, 0.4) is 0 Å². The fraction of sp³-hybridized carbons (Fsp3) is 0.0526. The lowest BCUT2D eigenvalue weighted by Gasteiger charge is -2.26. The summed E-state index contributed by atoms with van der Waals surface area (Å²) < 4.78 is 13.1. The molecule has 0 saturated heterocycles. The molecule has 1 amide bonds. The molecule has 0 saturated carbocycles. The third kappa shape index (κ3) is 2.40. The second kappa shape index (κ2) is 5.77. The van der Waals surface area contributed by atoms with E-state index >= 15 is 0 Å². The van der Waals surface area contributed by atoms with E-state index in [2.05, 4.69) is 10.3 Å². The summed E-state index contributed by atoms with van der Waals surface area (Å²) in [4.78, 5) is 18.9. The van der Waals surface area contributed by atoms with E-state index in [1.165, 1.54) is 12.1 Å². The molecule has 0 unspecified atom stereocenters. The Morgan fingerprint density at radius 2 is 1.71 bits per heavy atom. The van der Waals surface area contributed by atoms with Gasteiger partial charge in [-0.05, 0) is 48.5 Å². The van der Waals surface area contributed by atoms with Gasteiger partial charge in [0, 0.05) is 17.6 Å². The number of nitrogens with one attached hydrogen (secondary N) is 1. The van der Waals surface area contributed by atoms with Gasteiger partial charge in [0.1, 0.15) is 5.82 Å². The van der Waals surface area contributed by atoms with Crippen molar-refractivity contribution in [2.75, 3.05) is 10.2 Å². The molecule has 1 atom stereocenters. The highest BCUT2D eigenvalue weighted by molar-refractivity contribution is 6.11. The number of hydrogen-bond acceptors (Lipinski definition) is 3. The summed E-state index contributed by atoms with van der Waals surface area (Å²) in [7, 11) is 0. The summed E-state index contributed by atoms with van der Waals surface area (Å²) in [5, 5.41) is 3.28. The first-order chi connectivity index (χ1) is 11.7. The third-order valence-electron chi connectivity index (χ3n) is 3.99. The Balaban J connectivity index is 1.77. The molecule has 1 aromatic heterocycles. The Hall–Kier alpha value is -3.21. The molecule has 1 aliphatic heterocycles. The van der Waals surface area contributed by atoms with Gasteiger partial charge in [-0.3, -0.25) is 14.7 Å². The average Bonchev–Trinajstić information content (AvgIpc) is 2.90. The number of hydrogen-bond donors (Lipinski definition) is 1. The second-order valence-electron chi connectivity index (χ2n) is 5.50. The molecule has 2 heterocycles. The SMILES string of the molecule is O=C1c2cccnc2[C@H](Nc2ccc(F)cc2)N1c1ccccc1. The lowest BCUT2D eigenvalue weighted by atomic mass is 10.2. The van der Waals surface area contributed by atoms with Gasteiger partial charge in [-0.25, -0.2) is 4.39 Å². The number of halogens is 1. The molecule has 4 rings (SSSR count). The number of para-hydroxylation sites is 1. The molecule has 0 aliphatic carbocycles. The number of anilines is 2. The van der Waals surface area contributed by atoms with E-state index in [1.807, 2.05) is 30.3 Å². The van der Waals surface area contributed by atoms with Crippen LogP contribution in [0, 0.1) is 5.82 Å². The van der Waals surface area contributed by atoms with E-state index in [-0.39, 0.29) is 11.7 Å². The first-order valence-electron chi connectivity index (χ1n) is 7.60. The zero-order valence-corrected chi connectivity index (χ0v) is 12.7. The number of fused-ring (bicyclic) bond motifs is 1. The summed E-state index contributed by atoms with van der Waals surface area (Å²) in [6, 6.07) is 19.0. The van der Waals surface area contributed by atoms with E-state index in [0.29, 0.717) is 16.9 Å². The summed E-state index contributed by atoms with van der Waals surface area (Å²) in [6.45, 7) is 0. The molecule has 0 radical (unpaired) electrons. The van der Waals surface area contributed by atoms with Gasteiger partial charge in [-0.2, -0.15) is 0 Å². The number of amides is 1. The minimum Gasteiger partial charge on any atom is -0.360 e. The molecule has 0 fully saturated rings. The molecule has 2 aromatic carbocycles. The molecule has 3 aromatic rings. The van der Waals surface area contributed by atoms with Crippen molar-refractivity contribution in [3.8, 4) is 0 Å². The molecule has 0 bridgehead atoms. The number of pyridine rings is 1. The summed E-state index contributed by atoms with van der Waals surface area (Å²) >= 11 is 0. The van der Waals surface area contributed by atoms with Gasteiger partial charge < -0.3 is 5.32 Å². The topological polar surface area (TPSA) is 45.2 Å². The molecule has 24 heavy (non-hydrogen) atoms. The third-order valence-corrected chi connectivity index (χ3v) is 3.99. The first kappa shape index (κ1) is 14.4. The Morgan fingerprint density at radius 3 is 2.46 bits per heavy atom. The van der Waals surface area contributed by atoms with Crippen LogP contribution in [0.4, 0.5) is 15.8 Å². The molecule has 1 aliphatic rings. The van der Waals surface area contributed by atoms with Crippen LogP contribution >= 0.6 is 0 Å². The Morgan fingerprint density at radius 1 is 0.958 bits per heavy atom. The van der Waals surface area contributed by atoms with Gasteiger partial charge in [0.25, 0.3) is 5.91 Å². The van der Waals surface area contributed by atoms with Gasteiger partial charge >= 0.3 is 0 Å². The maximum atomic E-state index is 13.1. The molecule has 4 nitrogen and oxygen atoms in total. The van der Waals surface area contributed by atoms with Crippen LogP contribution in [0.2, 0.25) is 0 Å². The lowest BCUT2D eigenvalue weighted by molar-refractivity contribution is 0.0993. The fourth-order valence-corrected chi connectivity index (χ4v) is 2.88. The monoisotopic (exact) mass is 319 g/mol. The van der Waals surface area contributed by atoms with Crippen LogP contribution in [-0.4, -0.2) is 10.9 Å². The molecule has 0 spiro atoms. The lowest BCUT2D eigenvalue weighted by Crippen LogP contribution is -2.32. The van der Waals surface area contributed by atoms with Crippen molar-refractivity contribution in [1.82, 2.24) is 4.98 Å². The Labute approximate surface area is 138 Å². The van der Waals surface area contributed by atoms with Crippen molar-refractivity contribution in [1.29, 1.82) is 0 Å². The van der Waals surface area contributed by atoms with Gasteiger partial charge in [0.05, 0.1) is 11.3 Å². The van der Waals surface area contributed by atoms with Crippen molar-refractivity contribution < 1.29 is 9.18 Å². The maximum Gasteiger partial charge on any atom is 0.262 e. The highest BCUT2D eigenvalue weighted by atomic mass is 19.1. The van der Waals surface area contributed by atoms with E-state index in [1.54, 1.807) is 35.4 Å². The smallest absolute Gasteiger partial charge is 0.262 e. The van der Waals surface area contributed by atoms with Crippen LogP contribution in [0.1, 0.15) is 22.2 Å². The average molecular weight is 319 g/mol. The number of nitrogens with zero attached hydrogens (tertiary/aromatic N) is 2. The largest absolute Gasteiger partial charge is 0.360 e. The summed E-state index contributed by atoms with van der Waals surface area (Å²) in [6.07, 6.45) is 1.22. The molecular formula is C19H14FN3O. The molecule has 118 valence electrons. The quantitative estimate of drug-likeness (QED) is 0.794. The number of carbonyl (C=O) groups excluding carboxylic acids is 1. The fourth-order valence-electron chi connectivity index (χ4n) is 2.88. The van der Waals surface area contributed by atoms with E-state index in [4.69, 9.17) is 0 Å². The zero-order chi connectivity index (χ0) is 16.5.